The van der Waals surface area contributed by atoms with E-state index in [1.54, 1.807) is 42.5 Å². The molecule has 0 saturated heterocycles. The summed E-state index contributed by atoms with van der Waals surface area (Å²) >= 11 is 0. The van der Waals surface area contributed by atoms with Gasteiger partial charge in [-0.2, -0.15) is 0 Å². The van der Waals surface area contributed by atoms with Crippen LogP contribution in [0.4, 0.5) is 0 Å². The maximum Gasteiger partial charge on any atom is 0.307 e. The molecule has 2 rings (SSSR count). The standard InChI is InChI=1S/C20H21NO4/c1-13-8-9-16(12-14(13)2)17(22)10-11-18(23)25-19(20(21)24)15-6-4-3-5-7-15/h3-9,12,19H,10-11H2,1-2H3,(H2,21,24)/t19-/m1/s1. The Hall–Kier alpha value is -2.95. The molecule has 1 atom stereocenters. The third kappa shape index (κ3) is 5.01. The summed E-state index contributed by atoms with van der Waals surface area (Å²) in [5.74, 6) is -1.53. The van der Waals surface area contributed by atoms with Crippen molar-refractivity contribution in [3.8, 4) is 0 Å². The molecule has 0 heterocycles. The zero-order valence-electron chi connectivity index (χ0n) is 14.3. The van der Waals surface area contributed by atoms with Crippen LogP contribution in [-0.4, -0.2) is 17.7 Å². The van der Waals surface area contributed by atoms with Crippen molar-refractivity contribution in [3.05, 3.63) is 70.8 Å². The van der Waals surface area contributed by atoms with Crippen LogP contribution in [0, 0.1) is 13.8 Å². The molecule has 2 aromatic rings. The highest BCUT2D eigenvalue weighted by Gasteiger charge is 2.22. The second kappa shape index (κ2) is 8.24. The molecule has 0 radical (unpaired) electrons. The van der Waals surface area contributed by atoms with Gasteiger partial charge in [-0.1, -0.05) is 42.5 Å². The Labute approximate surface area is 146 Å². The molecule has 2 N–H and O–H groups in total. The summed E-state index contributed by atoms with van der Waals surface area (Å²) in [5.41, 5.74) is 8.50. The van der Waals surface area contributed by atoms with Crippen molar-refractivity contribution in [2.24, 2.45) is 5.73 Å². The average molecular weight is 339 g/mol. The quantitative estimate of drug-likeness (QED) is 0.620. The fourth-order valence-electron chi connectivity index (χ4n) is 2.38. The number of carbonyl (C=O) groups is 3. The van der Waals surface area contributed by atoms with E-state index in [4.69, 9.17) is 10.5 Å². The monoisotopic (exact) mass is 339 g/mol. The van der Waals surface area contributed by atoms with Crippen LogP contribution in [0.5, 0.6) is 0 Å². The number of amides is 1. The van der Waals surface area contributed by atoms with E-state index in [0.717, 1.165) is 11.1 Å². The van der Waals surface area contributed by atoms with Crippen molar-refractivity contribution in [1.82, 2.24) is 0 Å². The van der Waals surface area contributed by atoms with Gasteiger partial charge in [0, 0.05) is 17.5 Å². The number of ether oxygens (including phenoxy) is 1. The van der Waals surface area contributed by atoms with Gasteiger partial charge in [-0.15, -0.1) is 0 Å². The molecule has 5 heteroatoms. The number of benzene rings is 2. The lowest BCUT2D eigenvalue weighted by molar-refractivity contribution is -0.155. The normalized spacial score (nSPS) is 11.6. The van der Waals surface area contributed by atoms with Crippen molar-refractivity contribution in [2.45, 2.75) is 32.8 Å². The van der Waals surface area contributed by atoms with Gasteiger partial charge < -0.3 is 10.5 Å². The Bertz CT molecular complexity index is 784. The Kier molecular flexibility index (Phi) is 6.06. The summed E-state index contributed by atoms with van der Waals surface area (Å²) in [6.45, 7) is 3.90. The Morgan fingerprint density at radius 1 is 0.960 bits per heavy atom. The topological polar surface area (TPSA) is 86.5 Å². The number of hydrogen-bond donors (Lipinski definition) is 1. The molecular weight excluding hydrogens is 318 g/mol. The van der Waals surface area contributed by atoms with Gasteiger partial charge in [0.2, 0.25) is 6.10 Å². The molecule has 0 aliphatic heterocycles. The van der Waals surface area contributed by atoms with Crippen molar-refractivity contribution in [3.63, 3.8) is 0 Å². The zero-order chi connectivity index (χ0) is 18.4. The van der Waals surface area contributed by atoms with Gasteiger partial charge in [0.05, 0.1) is 6.42 Å². The van der Waals surface area contributed by atoms with E-state index in [0.29, 0.717) is 11.1 Å². The van der Waals surface area contributed by atoms with Gasteiger partial charge >= 0.3 is 5.97 Å². The number of hydrogen-bond acceptors (Lipinski definition) is 4. The minimum absolute atomic E-state index is 0.0155. The predicted molar refractivity (Wildman–Crippen MR) is 93.9 cm³/mol. The molecule has 0 aliphatic rings. The summed E-state index contributed by atoms with van der Waals surface area (Å²) in [6.07, 6.45) is -1.24. The van der Waals surface area contributed by atoms with Crippen molar-refractivity contribution < 1.29 is 19.1 Å². The number of nitrogens with two attached hydrogens (primary N) is 1. The Balaban J connectivity index is 1.96. The third-order valence-corrected chi connectivity index (χ3v) is 4.00. The number of primary amides is 1. The van der Waals surface area contributed by atoms with Gasteiger partial charge in [-0.25, -0.2) is 0 Å². The molecule has 5 nitrogen and oxygen atoms in total. The van der Waals surface area contributed by atoms with E-state index in [9.17, 15) is 14.4 Å². The molecule has 0 aliphatic carbocycles. The van der Waals surface area contributed by atoms with Crippen LogP contribution in [0.3, 0.4) is 0 Å². The van der Waals surface area contributed by atoms with Crippen LogP contribution in [0.1, 0.15) is 46.0 Å². The van der Waals surface area contributed by atoms with Gasteiger partial charge in [0.25, 0.3) is 5.91 Å². The number of Topliss-reactive ketones (excluding diaryl/α,β-unsaturated/α-hetero) is 1. The van der Waals surface area contributed by atoms with E-state index < -0.39 is 18.0 Å². The van der Waals surface area contributed by atoms with Crippen LogP contribution in [-0.2, 0) is 14.3 Å². The predicted octanol–water partition coefficient (Wildman–Crippen LogP) is 3.04. The van der Waals surface area contributed by atoms with E-state index in [1.807, 2.05) is 19.9 Å². The highest BCUT2D eigenvalue weighted by Crippen LogP contribution is 2.18. The first kappa shape index (κ1) is 18.4. The first-order chi connectivity index (χ1) is 11.9. The Morgan fingerprint density at radius 3 is 2.24 bits per heavy atom. The summed E-state index contributed by atoms with van der Waals surface area (Å²) in [4.78, 5) is 35.8. The average Bonchev–Trinajstić information content (AvgIpc) is 2.60. The number of esters is 1. The lowest BCUT2D eigenvalue weighted by Gasteiger charge is -2.15. The maximum absolute atomic E-state index is 12.2. The summed E-state index contributed by atoms with van der Waals surface area (Å²) in [7, 11) is 0. The second-order valence-electron chi connectivity index (χ2n) is 5.91. The van der Waals surface area contributed by atoms with Crippen molar-refractivity contribution >= 4 is 17.7 Å². The van der Waals surface area contributed by atoms with Crippen LogP contribution in [0.25, 0.3) is 0 Å². The maximum atomic E-state index is 12.2. The van der Waals surface area contributed by atoms with Crippen LogP contribution >= 0.6 is 0 Å². The lowest BCUT2D eigenvalue weighted by atomic mass is 10.0. The molecule has 0 fully saturated rings. The number of aryl methyl sites for hydroxylation is 2. The fourth-order valence-corrected chi connectivity index (χ4v) is 2.38. The molecule has 0 aromatic heterocycles. The largest absolute Gasteiger partial charge is 0.447 e. The summed E-state index contributed by atoms with van der Waals surface area (Å²) < 4.78 is 5.16. The fraction of sp³-hybridized carbons (Fsp3) is 0.250. The van der Waals surface area contributed by atoms with E-state index in [-0.39, 0.29) is 18.6 Å². The van der Waals surface area contributed by atoms with Gasteiger partial charge in [-0.3, -0.25) is 14.4 Å². The molecule has 0 spiro atoms. The highest BCUT2D eigenvalue weighted by molar-refractivity contribution is 5.98. The SMILES string of the molecule is Cc1ccc(C(=O)CCC(=O)O[C@@H](C(N)=O)c2ccccc2)cc1C. The van der Waals surface area contributed by atoms with E-state index in [1.165, 1.54) is 0 Å². The van der Waals surface area contributed by atoms with E-state index in [2.05, 4.69) is 0 Å². The minimum Gasteiger partial charge on any atom is -0.447 e. The van der Waals surface area contributed by atoms with Gasteiger partial charge in [0.15, 0.2) is 5.78 Å². The van der Waals surface area contributed by atoms with Crippen LogP contribution in [0.15, 0.2) is 48.5 Å². The third-order valence-electron chi connectivity index (χ3n) is 4.00. The lowest BCUT2D eigenvalue weighted by Crippen LogP contribution is -2.26. The minimum atomic E-state index is -1.15. The first-order valence-corrected chi connectivity index (χ1v) is 8.02. The van der Waals surface area contributed by atoms with Gasteiger partial charge in [0.1, 0.15) is 0 Å². The molecular formula is C20H21NO4. The number of rotatable bonds is 7. The zero-order valence-corrected chi connectivity index (χ0v) is 14.3. The molecule has 2 aromatic carbocycles. The number of ketones is 1. The van der Waals surface area contributed by atoms with Crippen molar-refractivity contribution in [2.75, 3.05) is 0 Å². The summed E-state index contributed by atoms with van der Waals surface area (Å²) in [6, 6.07) is 14.0. The molecule has 130 valence electrons. The summed E-state index contributed by atoms with van der Waals surface area (Å²) in [5, 5.41) is 0. The van der Waals surface area contributed by atoms with Gasteiger partial charge in [-0.05, 0) is 31.0 Å². The first-order valence-electron chi connectivity index (χ1n) is 8.02. The van der Waals surface area contributed by atoms with Crippen LogP contribution in [0.2, 0.25) is 0 Å². The smallest absolute Gasteiger partial charge is 0.307 e. The molecule has 0 bridgehead atoms. The van der Waals surface area contributed by atoms with Crippen molar-refractivity contribution in [1.29, 1.82) is 0 Å². The molecule has 25 heavy (non-hydrogen) atoms. The molecule has 0 saturated carbocycles. The van der Waals surface area contributed by atoms with Crippen LogP contribution < -0.4 is 5.73 Å². The molecule has 0 unspecified atom stereocenters. The van der Waals surface area contributed by atoms with E-state index >= 15 is 0 Å². The highest BCUT2D eigenvalue weighted by atomic mass is 16.5. The molecule has 1 amide bonds. The Morgan fingerprint density at radius 2 is 1.64 bits per heavy atom. The number of carbonyl (C=O) groups excluding carboxylic acids is 3. The second-order valence-corrected chi connectivity index (χ2v) is 5.91.